The molecule has 120 valence electrons. The predicted molar refractivity (Wildman–Crippen MR) is 91.5 cm³/mol. The van der Waals surface area contributed by atoms with E-state index < -0.39 is 5.82 Å². The van der Waals surface area contributed by atoms with Gasteiger partial charge >= 0.3 is 0 Å². The van der Waals surface area contributed by atoms with Gasteiger partial charge in [-0.15, -0.1) is 0 Å². The van der Waals surface area contributed by atoms with E-state index in [2.05, 4.69) is 10.2 Å². The van der Waals surface area contributed by atoms with E-state index in [1.807, 2.05) is 24.3 Å². The lowest BCUT2D eigenvalue weighted by Crippen LogP contribution is -2.25. The number of anilines is 2. The number of carbonyl (C=O) groups excluding carboxylic acids is 1. The zero-order valence-corrected chi connectivity index (χ0v) is 13.1. The lowest BCUT2D eigenvalue weighted by atomic mass is 10.2. The molecule has 0 aromatic heterocycles. The summed E-state index contributed by atoms with van der Waals surface area (Å²) in [5, 5.41) is 2.92. The zero-order chi connectivity index (χ0) is 16.1. The highest BCUT2D eigenvalue weighted by atomic mass is 19.1. The molecule has 0 spiro atoms. The first-order chi connectivity index (χ1) is 11.2. The van der Waals surface area contributed by atoms with Crippen molar-refractivity contribution in [3.05, 3.63) is 59.9 Å². The fourth-order valence-electron chi connectivity index (χ4n) is 2.99. The lowest BCUT2D eigenvalue weighted by Gasteiger charge is -2.25. The number of carbonyl (C=O) groups is 1. The molecule has 1 amide bonds. The monoisotopic (exact) mass is 312 g/mol. The molecule has 1 aliphatic rings. The summed E-state index contributed by atoms with van der Waals surface area (Å²) in [5.74, 6) is -0.690. The number of hydrogen-bond donors (Lipinski definition) is 1. The Bertz CT molecular complexity index is 679. The molecule has 2 aromatic carbocycles. The van der Waals surface area contributed by atoms with Crippen LogP contribution >= 0.6 is 0 Å². The van der Waals surface area contributed by atoms with Crippen LogP contribution < -0.4 is 10.2 Å². The molecule has 0 atom stereocenters. The van der Waals surface area contributed by atoms with Crippen LogP contribution in [0.25, 0.3) is 0 Å². The highest BCUT2D eigenvalue weighted by Gasteiger charge is 2.15. The topological polar surface area (TPSA) is 32.3 Å². The second-order valence-electron chi connectivity index (χ2n) is 5.88. The molecular weight excluding hydrogens is 291 g/mol. The lowest BCUT2D eigenvalue weighted by molar-refractivity contribution is 0.102. The summed E-state index contributed by atoms with van der Waals surface area (Å²) < 4.78 is 13.3. The number of nitrogens with zero attached hydrogens (tertiary/aromatic N) is 1. The van der Waals surface area contributed by atoms with Gasteiger partial charge in [-0.1, -0.05) is 31.0 Å². The van der Waals surface area contributed by atoms with Gasteiger partial charge in [0, 0.05) is 18.7 Å². The Morgan fingerprint density at radius 2 is 1.70 bits per heavy atom. The van der Waals surface area contributed by atoms with Crippen LogP contribution in [0.4, 0.5) is 15.8 Å². The Hall–Kier alpha value is -2.36. The van der Waals surface area contributed by atoms with Crippen molar-refractivity contribution in [3.63, 3.8) is 0 Å². The van der Waals surface area contributed by atoms with E-state index in [9.17, 15) is 9.18 Å². The Labute approximate surface area is 136 Å². The van der Waals surface area contributed by atoms with Crippen molar-refractivity contribution in [2.45, 2.75) is 25.7 Å². The van der Waals surface area contributed by atoms with Crippen molar-refractivity contribution in [2.24, 2.45) is 0 Å². The minimum absolute atomic E-state index is 0.285. The predicted octanol–water partition coefficient (Wildman–Crippen LogP) is 4.46. The molecule has 3 nitrogen and oxygen atoms in total. The average Bonchev–Trinajstić information content (AvgIpc) is 2.84. The number of halogens is 1. The van der Waals surface area contributed by atoms with Gasteiger partial charge in [0.1, 0.15) is 5.82 Å². The molecule has 2 aromatic rings. The van der Waals surface area contributed by atoms with Crippen LogP contribution in [0.15, 0.2) is 48.5 Å². The van der Waals surface area contributed by atoms with Crippen LogP contribution in [0.2, 0.25) is 0 Å². The summed E-state index contributed by atoms with van der Waals surface area (Å²) in [6.07, 6.45) is 4.86. The van der Waals surface area contributed by atoms with Gasteiger partial charge in [-0.2, -0.15) is 0 Å². The third-order valence-electron chi connectivity index (χ3n) is 4.19. The van der Waals surface area contributed by atoms with E-state index in [1.54, 1.807) is 12.1 Å². The largest absolute Gasteiger partial charge is 0.370 e. The fraction of sp³-hybridized carbons (Fsp3) is 0.316. The highest BCUT2D eigenvalue weighted by Crippen LogP contribution is 2.28. The third-order valence-corrected chi connectivity index (χ3v) is 4.19. The van der Waals surface area contributed by atoms with Gasteiger partial charge in [0.15, 0.2) is 0 Å². The maximum absolute atomic E-state index is 13.3. The summed E-state index contributed by atoms with van der Waals surface area (Å²) in [6.45, 7) is 2.01. The quantitative estimate of drug-likeness (QED) is 0.907. The molecule has 0 unspecified atom stereocenters. The number of hydrogen-bond acceptors (Lipinski definition) is 2. The molecule has 1 fully saturated rings. The average molecular weight is 312 g/mol. The summed E-state index contributed by atoms with van der Waals surface area (Å²) in [7, 11) is 0. The normalized spacial score (nSPS) is 15.1. The van der Waals surface area contributed by atoms with Crippen molar-refractivity contribution in [1.29, 1.82) is 0 Å². The standard InChI is InChI=1S/C19H21FN2O/c20-16-9-7-8-15(14-16)19(23)21-17-10-3-4-11-18(17)22-12-5-1-2-6-13-22/h3-4,7-11,14H,1-2,5-6,12-13H2,(H,21,23). The van der Waals surface area contributed by atoms with Crippen LogP contribution in [0.3, 0.4) is 0 Å². The van der Waals surface area contributed by atoms with E-state index in [-0.39, 0.29) is 5.91 Å². The zero-order valence-electron chi connectivity index (χ0n) is 13.1. The SMILES string of the molecule is O=C(Nc1ccccc1N1CCCCCC1)c1cccc(F)c1. The van der Waals surface area contributed by atoms with Crippen LogP contribution in [0.5, 0.6) is 0 Å². The Morgan fingerprint density at radius 3 is 2.43 bits per heavy atom. The first-order valence-electron chi connectivity index (χ1n) is 8.15. The second kappa shape index (κ2) is 7.27. The van der Waals surface area contributed by atoms with Gasteiger partial charge in [-0.3, -0.25) is 4.79 Å². The molecule has 0 radical (unpaired) electrons. The Balaban J connectivity index is 1.81. The molecule has 0 bridgehead atoms. The third kappa shape index (κ3) is 3.89. The summed E-state index contributed by atoms with van der Waals surface area (Å²) in [5.41, 5.74) is 2.15. The Morgan fingerprint density at radius 1 is 0.957 bits per heavy atom. The van der Waals surface area contributed by atoms with Gasteiger partial charge < -0.3 is 10.2 Å². The molecule has 23 heavy (non-hydrogen) atoms. The van der Waals surface area contributed by atoms with Crippen molar-refractivity contribution in [1.82, 2.24) is 0 Å². The number of rotatable bonds is 3. The van der Waals surface area contributed by atoms with Crippen molar-refractivity contribution in [2.75, 3.05) is 23.3 Å². The maximum atomic E-state index is 13.3. The smallest absolute Gasteiger partial charge is 0.255 e. The van der Waals surface area contributed by atoms with Crippen molar-refractivity contribution < 1.29 is 9.18 Å². The number of benzene rings is 2. The molecular formula is C19H21FN2O. The van der Waals surface area contributed by atoms with Gasteiger partial charge in [-0.25, -0.2) is 4.39 Å². The molecule has 0 saturated carbocycles. The van der Waals surface area contributed by atoms with Crippen molar-refractivity contribution in [3.8, 4) is 0 Å². The van der Waals surface area contributed by atoms with Crippen LogP contribution in [0.1, 0.15) is 36.0 Å². The van der Waals surface area contributed by atoms with E-state index in [1.165, 1.54) is 37.8 Å². The molecule has 1 heterocycles. The van der Waals surface area contributed by atoms with Crippen molar-refractivity contribution >= 4 is 17.3 Å². The van der Waals surface area contributed by atoms with E-state index >= 15 is 0 Å². The van der Waals surface area contributed by atoms with Gasteiger partial charge in [0.25, 0.3) is 5.91 Å². The fourth-order valence-corrected chi connectivity index (χ4v) is 2.99. The number of nitrogens with one attached hydrogen (secondary N) is 1. The second-order valence-corrected chi connectivity index (χ2v) is 5.88. The van der Waals surface area contributed by atoms with Gasteiger partial charge in [-0.05, 0) is 43.2 Å². The summed E-state index contributed by atoms with van der Waals surface area (Å²) in [6, 6.07) is 13.6. The molecule has 1 aliphatic heterocycles. The van der Waals surface area contributed by atoms with E-state index in [0.717, 1.165) is 24.5 Å². The summed E-state index contributed by atoms with van der Waals surface area (Å²) in [4.78, 5) is 14.7. The maximum Gasteiger partial charge on any atom is 0.255 e. The Kier molecular flexibility index (Phi) is 4.91. The van der Waals surface area contributed by atoms with E-state index in [4.69, 9.17) is 0 Å². The van der Waals surface area contributed by atoms with Crippen LogP contribution in [0, 0.1) is 5.82 Å². The molecule has 3 rings (SSSR count). The number of amides is 1. The van der Waals surface area contributed by atoms with Gasteiger partial charge in [0.05, 0.1) is 11.4 Å². The molecule has 1 N–H and O–H groups in total. The first kappa shape index (κ1) is 15.5. The molecule has 0 aliphatic carbocycles. The van der Waals surface area contributed by atoms with Crippen LogP contribution in [-0.2, 0) is 0 Å². The van der Waals surface area contributed by atoms with Gasteiger partial charge in [0.2, 0.25) is 0 Å². The minimum atomic E-state index is -0.404. The first-order valence-corrected chi connectivity index (χ1v) is 8.15. The highest BCUT2D eigenvalue weighted by molar-refractivity contribution is 6.05. The van der Waals surface area contributed by atoms with Crippen LogP contribution in [-0.4, -0.2) is 19.0 Å². The van der Waals surface area contributed by atoms with E-state index in [0.29, 0.717) is 5.56 Å². The molecule has 4 heteroatoms. The summed E-state index contributed by atoms with van der Waals surface area (Å²) >= 11 is 0. The minimum Gasteiger partial charge on any atom is -0.370 e. The number of para-hydroxylation sites is 2. The molecule has 1 saturated heterocycles.